The lowest BCUT2D eigenvalue weighted by Gasteiger charge is -2.27. The Morgan fingerprint density at radius 3 is 2.75 bits per heavy atom. The highest BCUT2D eigenvalue weighted by Gasteiger charge is 2.26. The van der Waals surface area contributed by atoms with Gasteiger partial charge in [-0.05, 0) is 20.1 Å². The van der Waals surface area contributed by atoms with Crippen molar-refractivity contribution in [3.63, 3.8) is 0 Å². The van der Waals surface area contributed by atoms with Crippen LogP contribution < -0.4 is 5.32 Å². The summed E-state index contributed by atoms with van der Waals surface area (Å²) in [5, 5.41) is 3.04. The number of nitrogens with one attached hydrogen (secondary N) is 1. The van der Waals surface area contributed by atoms with E-state index in [0.29, 0.717) is 13.2 Å². The van der Waals surface area contributed by atoms with Gasteiger partial charge in [-0.15, -0.1) is 0 Å². The molecule has 0 aromatic heterocycles. The molecule has 1 aliphatic heterocycles. The molecule has 1 fully saturated rings. The van der Waals surface area contributed by atoms with E-state index in [1.807, 2.05) is 4.90 Å². The van der Waals surface area contributed by atoms with Gasteiger partial charge in [0.1, 0.15) is 0 Å². The third-order valence-corrected chi connectivity index (χ3v) is 3.29. The van der Waals surface area contributed by atoms with E-state index in [0.717, 1.165) is 6.54 Å². The van der Waals surface area contributed by atoms with E-state index < -0.39 is 0 Å². The van der Waals surface area contributed by atoms with Crippen LogP contribution in [0.3, 0.4) is 0 Å². The van der Waals surface area contributed by atoms with Crippen molar-refractivity contribution in [3.8, 4) is 0 Å². The van der Waals surface area contributed by atoms with Crippen LogP contribution in [0.25, 0.3) is 0 Å². The van der Waals surface area contributed by atoms with Crippen LogP contribution >= 0.6 is 11.8 Å². The maximum atomic E-state index is 11.2. The largest absolute Gasteiger partial charge is 0.327 e. The summed E-state index contributed by atoms with van der Waals surface area (Å²) < 4.78 is 0.168. The summed E-state index contributed by atoms with van der Waals surface area (Å²) in [6, 6.07) is 0. The Hall–Kier alpha value is -0.220. The lowest BCUT2D eigenvalue weighted by atomic mass is 10.2. The van der Waals surface area contributed by atoms with Crippen LogP contribution in [-0.2, 0) is 4.79 Å². The zero-order valence-electron chi connectivity index (χ0n) is 7.89. The fraction of sp³-hybridized carbons (Fsp3) is 0.875. The number of amides is 1. The second-order valence-corrected chi connectivity index (χ2v) is 5.15. The first-order chi connectivity index (χ1) is 5.55. The summed E-state index contributed by atoms with van der Waals surface area (Å²) in [7, 11) is 0. The maximum Gasteiger partial charge on any atom is 0.237 e. The quantitative estimate of drug-likeness (QED) is 0.700. The molecule has 3 nitrogen and oxygen atoms in total. The molecule has 12 heavy (non-hydrogen) atoms. The minimum atomic E-state index is 0.168. The zero-order valence-corrected chi connectivity index (χ0v) is 8.70. The van der Waals surface area contributed by atoms with Crippen LogP contribution in [0.5, 0.6) is 0 Å². The molecule has 70 valence electrons. The summed E-state index contributed by atoms with van der Waals surface area (Å²) in [6.45, 7) is 6.36. The number of hydrogen-bond acceptors (Lipinski definition) is 3. The lowest BCUT2D eigenvalue weighted by molar-refractivity contribution is -0.126. The minimum Gasteiger partial charge on any atom is -0.327 e. The minimum absolute atomic E-state index is 0.168. The van der Waals surface area contributed by atoms with Crippen molar-refractivity contribution in [2.45, 2.75) is 18.6 Å². The molecule has 0 saturated carbocycles. The molecular weight excluding hydrogens is 172 g/mol. The summed E-state index contributed by atoms with van der Waals surface area (Å²) in [5.41, 5.74) is 0. The highest BCUT2D eigenvalue weighted by atomic mass is 32.2. The van der Waals surface area contributed by atoms with Crippen LogP contribution in [0.2, 0.25) is 0 Å². The van der Waals surface area contributed by atoms with Gasteiger partial charge in [0.2, 0.25) is 5.91 Å². The topological polar surface area (TPSA) is 32.3 Å². The Labute approximate surface area is 77.9 Å². The first-order valence-corrected chi connectivity index (χ1v) is 5.31. The second kappa shape index (κ2) is 3.66. The Bertz CT molecular complexity index is 182. The van der Waals surface area contributed by atoms with Crippen molar-refractivity contribution >= 4 is 17.7 Å². The lowest BCUT2D eigenvalue weighted by Crippen LogP contribution is -2.38. The molecule has 0 aliphatic carbocycles. The number of carbonyl (C=O) groups is 1. The van der Waals surface area contributed by atoms with Crippen molar-refractivity contribution in [1.29, 1.82) is 0 Å². The second-order valence-electron chi connectivity index (χ2n) is 3.64. The maximum absolute atomic E-state index is 11.2. The molecule has 1 N–H and O–H groups in total. The van der Waals surface area contributed by atoms with E-state index in [1.165, 1.54) is 0 Å². The average Bonchev–Trinajstić information content (AvgIpc) is 2.36. The van der Waals surface area contributed by atoms with Crippen molar-refractivity contribution < 1.29 is 4.79 Å². The molecule has 0 spiro atoms. The molecule has 4 heteroatoms. The molecule has 1 aliphatic rings. The standard InChI is InChI=1S/C8H16N2OS/c1-8(2,12-3)5-10-6-9-4-7(10)11/h9H,4-6H2,1-3H3. The molecule has 1 heterocycles. The number of thioether (sulfide) groups is 1. The molecule has 0 aromatic carbocycles. The van der Waals surface area contributed by atoms with Crippen LogP contribution in [-0.4, -0.2) is 41.6 Å². The van der Waals surface area contributed by atoms with Gasteiger partial charge in [-0.25, -0.2) is 0 Å². The average molecular weight is 188 g/mol. The third-order valence-electron chi connectivity index (χ3n) is 2.06. The van der Waals surface area contributed by atoms with Gasteiger partial charge in [-0.3, -0.25) is 10.1 Å². The van der Waals surface area contributed by atoms with Gasteiger partial charge in [0.05, 0.1) is 13.2 Å². The first-order valence-electron chi connectivity index (χ1n) is 4.09. The summed E-state index contributed by atoms with van der Waals surface area (Å²) >= 11 is 1.79. The highest BCUT2D eigenvalue weighted by Crippen LogP contribution is 2.22. The van der Waals surface area contributed by atoms with Crippen molar-refractivity contribution in [2.24, 2.45) is 0 Å². The van der Waals surface area contributed by atoms with Gasteiger partial charge in [0, 0.05) is 11.3 Å². The Kier molecular flexibility index (Phi) is 3.01. The molecule has 0 radical (unpaired) electrons. The van der Waals surface area contributed by atoms with Crippen LogP contribution in [0.4, 0.5) is 0 Å². The van der Waals surface area contributed by atoms with Gasteiger partial charge in [-0.2, -0.15) is 11.8 Å². The van der Waals surface area contributed by atoms with Crippen molar-refractivity contribution in [3.05, 3.63) is 0 Å². The molecule has 1 amide bonds. The van der Waals surface area contributed by atoms with Gasteiger partial charge >= 0.3 is 0 Å². The van der Waals surface area contributed by atoms with Gasteiger partial charge < -0.3 is 4.90 Å². The Morgan fingerprint density at radius 2 is 2.33 bits per heavy atom. The number of rotatable bonds is 3. The predicted octanol–water partition coefficient (Wildman–Crippen LogP) is 0.517. The van der Waals surface area contributed by atoms with E-state index in [2.05, 4.69) is 25.4 Å². The molecule has 1 rings (SSSR count). The van der Waals surface area contributed by atoms with E-state index >= 15 is 0 Å². The monoisotopic (exact) mass is 188 g/mol. The van der Waals surface area contributed by atoms with Gasteiger partial charge in [0.25, 0.3) is 0 Å². The molecule has 1 saturated heterocycles. The number of hydrogen-bond donors (Lipinski definition) is 1. The summed E-state index contributed by atoms with van der Waals surface area (Å²) in [6.07, 6.45) is 2.08. The predicted molar refractivity (Wildman–Crippen MR) is 52.2 cm³/mol. The molecule has 0 aromatic rings. The Balaban J connectivity index is 2.45. The molecule has 0 bridgehead atoms. The van der Waals surface area contributed by atoms with E-state index in [9.17, 15) is 4.79 Å². The number of nitrogens with zero attached hydrogens (tertiary/aromatic N) is 1. The SMILES string of the molecule is CSC(C)(C)CN1CNCC1=O. The Morgan fingerprint density at radius 1 is 1.67 bits per heavy atom. The van der Waals surface area contributed by atoms with Crippen molar-refractivity contribution in [2.75, 3.05) is 26.0 Å². The zero-order chi connectivity index (χ0) is 9.19. The normalized spacial score (nSPS) is 18.9. The van der Waals surface area contributed by atoms with E-state index in [-0.39, 0.29) is 10.7 Å². The highest BCUT2D eigenvalue weighted by molar-refractivity contribution is 7.99. The fourth-order valence-electron chi connectivity index (χ4n) is 1.17. The van der Waals surface area contributed by atoms with Crippen LogP contribution in [0.15, 0.2) is 0 Å². The molecular formula is C8H16N2OS. The first kappa shape index (κ1) is 9.86. The number of carbonyl (C=O) groups excluding carboxylic acids is 1. The third kappa shape index (κ3) is 2.38. The van der Waals surface area contributed by atoms with E-state index in [4.69, 9.17) is 0 Å². The van der Waals surface area contributed by atoms with Gasteiger partial charge in [-0.1, -0.05) is 0 Å². The smallest absolute Gasteiger partial charge is 0.237 e. The summed E-state index contributed by atoms with van der Waals surface area (Å²) in [5.74, 6) is 0.220. The van der Waals surface area contributed by atoms with Crippen LogP contribution in [0, 0.1) is 0 Å². The summed E-state index contributed by atoms with van der Waals surface area (Å²) in [4.78, 5) is 13.1. The molecule has 0 atom stereocenters. The molecule has 0 unspecified atom stereocenters. The van der Waals surface area contributed by atoms with Crippen LogP contribution in [0.1, 0.15) is 13.8 Å². The van der Waals surface area contributed by atoms with E-state index in [1.54, 1.807) is 11.8 Å². The van der Waals surface area contributed by atoms with Crippen molar-refractivity contribution in [1.82, 2.24) is 10.2 Å². The fourth-order valence-corrected chi connectivity index (χ4v) is 1.45. The van der Waals surface area contributed by atoms with Gasteiger partial charge in [0.15, 0.2) is 0 Å².